The summed E-state index contributed by atoms with van der Waals surface area (Å²) in [7, 11) is -4.39. The molecule has 0 spiro atoms. The Bertz CT molecular complexity index is 1040. The Morgan fingerprint density at radius 3 is 1.45 bits per heavy atom. The highest BCUT2D eigenvalue weighted by molar-refractivity contribution is 7.47. The van der Waals surface area contributed by atoms with Crippen molar-refractivity contribution in [2.75, 3.05) is 26.4 Å². The third-order valence-corrected chi connectivity index (χ3v) is 10.2. The fourth-order valence-corrected chi connectivity index (χ4v) is 6.69. The summed E-state index contributed by atoms with van der Waals surface area (Å²) in [5.41, 5.74) is 5.34. The summed E-state index contributed by atoms with van der Waals surface area (Å²) in [6.07, 6.45) is 47.2. The molecule has 10 heteroatoms. The quantitative estimate of drug-likeness (QED) is 0.0268. The van der Waals surface area contributed by atoms with Crippen LogP contribution in [0, 0.1) is 0 Å². The van der Waals surface area contributed by atoms with Crippen LogP contribution in [0.5, 0.6) is 0 Å². The van der Waals surface area contributed by atoms with Gasteiger partial charge in [0.1, 0.15) is 6.61 Å². The van der Waals surface area contributed by atoms with Crippen LogP contribution in [-0.2, 0) is 32.7 Å². The van der Waals surface area contributed by atoms with Crippen molar-refractivity contribution in [2.24, 2.45) is 5.73 Å². The van der Waals surface area contributed by atoms with Gasteiger partial charge in [0.15, 0.2) is 6.10 Å². The van der Waals surface area contributed by atoms with E-state index in [0.717, 1.165) is 38.5 Å². The van der Waals surface area contributed by atoms with E-state index < -0.39 is 32.5 Å². The highest BCUT2D eigenvalue weighted by atomic mass is 31.2. The molecule has 0 fully saturated rings. The summed E-state index contributed by atoms with van der Waals surface area (Å²) in [6.45, 7) is 3.65. The monoisotopic (exact) mass is 796 g/mol. The van der Waals surface area contributed by atoms with Crippen LogP contribution in [0.4, 0.5) is 0 Å². The predicted octanol–water partition coefficient (Wildman–Crippen LogP) is 12.7. The zero-order valence-corrected chi connectivity index (χ0v) is 36.0. The largest absolute Gasteiger partial charge is 0.472 e. The SMILES string of the molecule is CCCCC/C=C\C/C=C\C/C=C\C/C=C\CCCC(=O)O[C@H](COC(=O)CCCCCCCCCCCCCCCCCCC)COP(=O)(O)OCCN. The van der Waals surface area contributed by atoms with Gasteiger partial charge in [0.05, 0.1) is 13.2 Å². The molecule has 1 unspecified atom stereocenters. The Balaban J connectivity index is 4.22. The van der Waals surface area contributed by atoms with E-state index in [1.807, 2.05) is 6.08 Å². The van der Waals surface area contributed by atoms with E-state index in [4.69, 9.17) is 24.3 Å². The third kappa shape index (κ3) is 41.4. The maximum atomic E-state index is 12.6. The van der Waals surface area contributed by atoms with E-state index >= 15 is 0 Å². The fourth-order valence-electron chi connectivity index (χ4n) is 5.92. The molecule has 0 aromatic heterocycles. The van der Waals surface area contributed by atoms with Gasteiger partial charge >= 0.3 is 19.8 Å². The van der Waals surface area contributed by atoms with E-state index in [9.17, 15) is 19.0 Å². The van der Waals surface area contributed by atoms with Crippen LogP contribution >= 0.6 is 7.82 Å². The first kappa shape index (κ1) is 53.0. The average Bonchev–Trinajstić information content (AvgIpc) is 3.17. The van der Waals surface area contributed by atoms with Crippen molar-refractivity contribution in [3.63, 3.8) is 0 Å². The number of nitrogens with two attached hydrogens (primary N) is 1. The highest BCUT2D eigenvalue weighted by Crippen LogP contribution is 2.43. The first-order valence-electron chi connectivity index (χ1n) is 22.1. The molecule has 320 valence electrons. The number of hydrogen-bond acceptors (Lipinski definition) is 8. The van der Waals surface area contributed by atoms with Gasteiger partial charge in [-0.1, -0.05) is 178 Å². The molecule has 0 rings (SSSR count). The fraction of sp³-hybridized carbons (Fsp3) is 0.778. The topological polar surface area (TPSA) is 134 Å². The van der Waals surface area contributed by atoms with E-state index in [2.05, 4.69) is 56.4 Å². The second-order valence-electron chi connectivity index (χ2n) is 14.6. The van der Waals surface area contributed by atoms with Crippen LogP contribution in [0.15, 0.2) is 48.6 Å². The van der Waals surface area contributed by atoms with E-state index in [-0.39, 0.29) is 32.6 Å². The molecule has 0 saturated carbocycles. The van der Waals surface area contributed by atoms with E-state index in [1.54, 1.807) is 0 Å². The molecular weight excluding hydrogens is 713 g/mol. The van der Waals surface area contributed by atoms with Gasteiger partial charge in [-0.25, -0.2) is 4.57 Å². The summed E-state index contributed by atoms with van der Waals surface area (Å²) in [4.78, 5) is 34.9. The highest BCUT2D eigenvalue weighted by Gasteiger charge is 2.25. The minimum Gasteiger partial charge on any atom is -0.462 e. The second kappa shape index (κ2) is 41.6. The van der Waals surface area contributed by atoms with Crippen molar-refractivity contribution in [3.8, 4) is 0 Å². The number of unbranched alkanes of at least 4 members (excludes halogenated alkanes) is 20. The lowest BCUT2D eigenvalue weighted by Gasteiger charge is -2.19. The van der Waals surface area contributed by atoms with Gasteiger partial charge in [0.2, 0.25) is 0 Å². The average molecular weight is 796 g/mol. The number of carbonyl (C=O) groups excluding carboxylic acids is 2. The van der Waals surface area contributed by atoms with Gasteiger partial charge in [0, 0.05) is 19.4 Å². The standard InChI is InChI=1S/C45H82NO8P/c1-3-5-7-9-11-13-15-17-19-21-23-25-27-29-31-33-35-37-44(47)51-41-43(42-53-55(49,50)52-40-39-46)54-45(48)38-36-34-32-30-28-26-24-22-20-18-16-14-12-10-8-6-4-2/h12,14,18,20,24,26,30,32,43H,3-11,13,15-17,19,21-23,25,27-29,31,33-42,46H2,1-2H3,(H,49,50)/b14-12-,20-18-,26-24-,32-30-/t43-/m1/s1. The minimum atomic E-state index is -4.39. The van der Waals surface area contributed by atoms with Crippen molar-refractivity contribution in [1.29, 1.82) is 0 Å². The van der Waals surface area contributed by atoms with Gasteiger partial charge in [-0.15, -0.1) is 0 Å². The van der Waals surface area contributed by atoms with E-state index in [0.29, 0.717) is 12.8 Å². The van der Waals surface area contributed by atoms with Crippen molar-refractivity contribution in [1.82, 2.24) is 0 Å². The summed E-state index contributed by atoms with van der Waals surface area (Å²) in [5.74, 6) is -0.890. The molecule has 55 heavy (non-hydrogen) atoms. The first-order valence-corrected chi connectivity index (χ1v) is 23.6. The van der Waals surface area contributed by atoms with Crippen molar-refractivity contribution in [3.05, 3.63) is 48.6 Å². The van der Waals surface area contributed by atoms with Crippen LogP contribution in [0.3, 0.4) is 0 Å². The molecule has 3 N–H and O–H groups in total. The molecule has 0 aromatic rings. The Morgan fingerprint density at radius 2 is 0.964 bits per heavy atom. The Morgan fingerprint density at radius 1 is 0.545 bits per heavy atom. The number of rotatable bonds is 41. The number of esters is 2. The zero-order chi connectivity index (χ0) is 40.3. The number of phosphoric ester groups is 1. The molecule has 0 aliphatic carbocycles. The molecule has 9 nitrogen and oxygen atoms in total. The van der Waals surface area contributed by atoms with Crippen LogP contribution in [0.1, 0.15) is 194 Å². The smallest absolute Gasteiger partial charge is 0.462 e. The Kier molecular flexibility index (Phi) is 40.1. The molecular formula is C45H82NO8P. The minimum absolute atomic E-state index is 0.0444. The lowest BCUT2D eigenvalue weighted by atomic mass is 10.0. The molecule has 0 aliphatic rings. The lowest BCUT2D eigenvalue weighted by Crippen LogP contribution is -2.29. The lowest BCUT2D eigenvalue weighted by molar-refractivity contribution is -0.161. The maximum absolute atomic E-state index is 12.6. The number of allylic oxidation sites excluding steroid dienone is 8. The summed E-state index contributed by atoms with van der Waals surface area (Å²) in [6, 6.07) is 0. The molecule has 0 bridgehead atoms. The van der Waals surface area contributed by atoms with Gasteiger partial charge in [-0.3, -0.25) is 18.6 Å². The third-order valence-electron chi connectivity index (χ3n) is 9.22. The van der Waals surface area contributed by atoms with E-state index in [1.165, 1.54) is 116 Å². The van der Waals surface area contributed by atoms with Crippen LogP contribution in [-0.4, -0.2) is 49.3 Å². The molecule has 0 heterocycles. The maximum Gasteiger partial charge on any atom is 0.472 e. The molecule has 0 amide bonds. The van der Waals surface area contributed by atoms with Crippen molar-refractivity contribution < 1.29 is 37.6 Å². The summed E-state index contributed by atoms with van der Waals surface area (Å²) >= 11 is 0. The summed E-state index contributed by atoms with van der Waals surface area (Å²) < 4.78 is 32.7. The molecule has 0 aromatic carbocycles. The number of phosphoric acid groups is 1. The zero-order valence-electron chi connectivity index (χ0n) is 35.2. The van der Waals surface area contributed by atoms with Crippen molar-refractivity contribution in [2.45, 2.75) is 200 Å². The number of hydrogen-bond donors (Lipinski definition) is 2. The molecule has 0 saturated heterocycles. The predicted molar refractivity (Wildman–Crippen MR) is 229 cm³/mol. The van der Waals surface area contributed by atoms with Crippen LogP contribution in [0.2, 0.25) is 0 Å². The van der Waals surface area contributed by atoms with Gasteiger partial charge in [-0.2, -0.15) is 0 Å². The van der Waals surface area contributed by atoms with Gasteiger partial charge in [-0.05, 0) is 51.4 Å². The van der Waals surface area contributed by atoms with Crippen LogP contribution in [0.25, 0.3) is 0 Å². The van der Waals surface area contributed by atoms with Crippen LogP contribution < -0.4 is 5.73 Å². The number of ether oxygens (including phenoxy) is 2. The molecule has 0 aliphatic heterocycles. The Labute approximate surface area is 336 Å². The summed E-state index contributed by atoms with van der Waals surface area (Å²) in [5, 5.41) is 0. The van der Waals surface area contributed by atoms with Gasteiger partial charge < -0.3 is 20.1 Å². The molecule has 0 radical (unpaired) electrons. The second-order valence-corrected chi connectivity index (χ2v) is 16.0. The normalized spacial score (nSPS) is 13.7. The first-order chi connectivity index (χ1) is 26.8. The molecule has 2 atom stereocenters. The van der Waals surface area contributed by atoms with Crippen molar-refractivity contribution >= 4 is 19.8 Å². The van der Waals surface area contributed by atoms with Gasteiger partial charge in [0.25, 0.3) is 0 Å². The Hall–Kier alpha value is -2.03. The number of carbonyl (C=O) groups is 2.